The number of carbonyl (C=O) groups excluding carboxylic acids is 1. The highest BCUT2D eigenvalue weighted by molar-refractivity contribution is 6.02. The topological polar surface area (TPSA) is 130 Å². The molecule has 1 atom stereocenters. The summed E-state index contributed by atoms with van der Waals surface area (Å²) < 4.78 is 38.4. The van der Waals surface area contributed by atoms with Crippen molar-refractivity contribution in [2.24, 2.45) is 10.7 Å². The van der Waals surface area contributed by atoms with E-state index < -0.39 is 17.3 Å². The molecular weight excluding hydrogens is 493 g/mol. The number of fused-ring (bicyclic) bond motifs is 4. The van der Waals surface area contributed by atoms with Crippen LogP contribution >= 0.6 is 0 Å². The Hall–Kier alpha value is -4.51. The number of nitrogens with one attached hydrogen (secondary N) is 1. The van der Waals surface area contributed by atoms with E-state index in [0.29, 0.717) is 60.2 Å². The van der Waals surface area contributed by atoms with E-state index in [1.165, 1.54) is 25.6 Å². The second kappa shape index (κ2) is 9.42. The number of benzene rings is 2. The van der Waals surface area contributed by atoms with Crippen LogP contribution in [-0.4, -0.2) is 48.8 Å². The van der Waals surface area contributed by atoms with Crippen molar-refractivity contribution in [2.75, 3.05) is 32.2 Å². The largest absolute Gasteiger partial charge is 0.480 e. The molecule has 10 nitrogen and oxygen atoms in total. The predicted octanol–water partition coefficient (Wildman–Crippen LogP) is 3.76. The van der Waals surface area contributed by atoms with Gasteiger partial charge in [0.25, 0.3) is 11.9 Å². The quantitative estimate of drug-likeness (QED) is 0.535. The van der Waals surface area contributed by atoms with Crippen LogP contribution in [0, 0.1) is 5.82 Å². The van der Waals surface area contributed by atoms with Crippen molar-refractivity contribution in [3.63, 3.8) is 0 Å². The number of hydrogen-bond acceptors (Lipinski definition) is 9. The maximum Gasteiger partial charge on any atom is 0.283 e. The summed E-state index contributed by atoms with van der Waals surface area (Å²) in [5.74, 6) is -0.229. The Kier molecular flexibility index (Phi) is 5.91. The van der Waals surface area contributed by atoms with Crippen LogP contribution in [0.1, 0.15) is 40.0 Å². The van der Waals surface area contributed by atoms with E-state index in [1.807, 2.05) is 12.1 Å². The summed E-state index contributed by atoms with van der Waals surface area (Å²) >= 11 is 0. The molecule has 0 saturated carbocycles. The molecule has 1 aromatic heterocycles. The van der Waals surface area contributed by atoms with Gasteiger partial charge in [-0.25, -0.2) is 19.4 Å². The van der Waals surface area contributed by atoms with E-state index in [4.69, 9.17) is 24.7 Å². The number of carbonyl (C=O) groups is 1. The smallest absolute Gasteiger partial charge is 0.283 e. The van der Waals surface area contributed by atoms with Crippen molar-refractivity contribution in [3.8, 4) is 17.4 Å². The van der Waals surface area contributed by atoms with Crippen LogP contribution < -0.4 is 20.5 Å². The van der Waals surface area contributed by atoms with Crippen LogP contribution in [-0.2, 0) is 15.1 Å². The van der Waals surface area contributed by atoms with Crippen LogP contribution in [0.3, 0.4) is 0 Å². The Morgan fingerprint density at radius 2 is 2.08 bits per heavy atom. The molecule has 1 amide bonds. The highest BCUT2D eigenvalue weighted by atomic mass is 19.1. The van der Waals surface area contributed by atoms with Crippen molar-refractivity contribution in [1.29, 1.82) is 0 Å². The fraction of sp³-hybridized carbons (Fsp3) is 0.259. The first-order valence-electron chi connectivity index (χ1n) is 12.1. The number of amides is 1. The third-order valence-corrected chi connectivity index (χ3v) is 6.72. The number of amidine groups is 1. The van der Waals surface area contributed by atoms with Crippen LogP contribution in [0.25, 0.3) is 5.57 Å². The summed E-state index contributed by atoms with van der Waals surface area (Å²) in [6, 6.07) is 8.35. The van der Waals surface area contributed by atoms with E-state index in [2.05, 4.69) is 20.3 Å². The van der Waals surface area contributed by atoms with E-state index in [-0.39, 0.29) is 17.5 Å². The zero-order chi connectivity index (χ0) is 26.3. The highest BCUT2D eigenvalue weighted by Gasteiger charge is 2.48. The summed E-state index contributed by atoms with van der Waals surface area (Å²) in [6.07, 6.45) is 5.86. The maximum atomic E-state index is 15.5. The first-order chi connectivity index (χ1) is 18.5. The standard InChI is InChI=1S/C27H24FN5O5/c1-35-23-13-31-21(12-32-23)25(34)33-17-4-5-22-18(11-17)27(6-7-30-26(29)38-27)19-9-16(10-20(28)24(19)37-22)15-3-2-8-36-14-15/h3-5,9-13H,2,6-8,14H2,1H3,(H2,29,30)(H,33,34)/t27-/m0/s1. The van der Waals surface area contributed by atoms with Gasteiger partial charge in [-0.05, 0) is 47.9 Å². The molecule has 0 bridgehead atoms. The number of nitrogens with zero attached hydrogens (tertiary/aromatic N) is 3. The SMILES string of the molecule is COc1cnc(C(=O)Nc2ccc3c(c2)[C@@]2(CCN=C(N)O2)c2cc(C4=CCCOC4)cc(F)c2O3)cn1. The molecule has 3 aromatic rings. The second-order valence-corrected chi connectivity index (χ2v) is 9.02. The zero-order valence-corrected chi connectivity index (χ0v) is 20.5. The molecule has 194 valence electrons. The van der Waals surface area contributed by atoms with Crippen molar-refractivity contribution < 1.29 is 28.1 Å². The second-order valence-electron chi connectivity index (χ2n) is 9.02. The van der Waals surface area contributed by atoms with Crippen molar-refractivity contribution >= 4 is 23.2 Å². The van der Waals surface area contributed by atoms with Gasteiger partial charge in [0.1, 0.15) is 11.4 Å². The molecule has 3 aliphatic heterocycles. The molecule has 6 rings (SSSR count). The molecule has 4 heterocycles. The first kappa shape index (κ1) is 23.9. The van der Waals surface area contributed by atoms with Crippen LogP contribution in [0.15, 0.2) is 53.8 Å². The molecule has 0 unspecified atom stereocenters. The molecular formula is C27H24FN5O5. The molecule has 0 radical (unpaired) electrons. The third-order valence-electron chi connectivity index (χ3n) is 6.72. The minimum atomic E-state index is -1.18. The third kappa shape index (κ3) is 4.10. The van der Waals surface area contributed by atoms with Gasteiger partial charge in [-0.15, -0.1) is 0 Å². The number of aliphatic imine (C=N–C) groups is 1. The van der Waals surface area contributed by atoms with Gasteiger partial charge in [0, 0.05) is 29.8 Å². The number of nitrogens with two attached hydrogens (primary N) is 1. The Labute approximate surface area is 217 Å². The van der Waals surface area contributed by atoms with Gasteiger partial charge < -0.3 is 30.0 Å². The Morgan fingerprint density at radius 3 is 2.82 bits per heavy atom. The highest BCUT2D eigenvalue weighted by Crippen LogP contribution is 2.53. The number of hydrogen-bond donors (Lipinski definition) is 2. The van der Waals surface area contributed by atoms with E-state index in [1.54, 1.807) is 18.2 Å². The van der Waals surface area contributed by atoms with Gasteiger partial charge in [-0.3, -0.25) is 4.79 Å². The average Bonchev–Trinajstić information content (AvgIpc) is 2.94. The molecule has 3 aliphatic rings. The van der Waals surface area contributed by atoms with E-state index in [9.17, 15) is 4.79 Å². The summed E-state index contributed by atoms with van der Waals surface area (Å²) in [4.78, 5) is 25.1. The number of rotatable bonds is 4. The summed E-state index contributed by atoms with van der Waals surface area (Å²) in [7, 11) is 1.46. The molecule has 3 N–H and O–H groups in total. The van der Waals surface area contributed by atoms with Gasteiger partial charge in [0.2, 0.25) is 5.88 Å². The summed E-state index contributed by atoms with van der Waals surface area (Å²) in [5.41, 5.74) is 8.10. The van der Waals surface area contributed by atoms with Gasteiger partial charge in [0.05, 0.1) is 32.7 Å². The van der Waals surface area contributed by atoms with E-state index >= 15 is 4.39 Å². The van der Waals surface area contributed by atoms with E-state index in [0.717, 1.165) is 12.0 Å². The van der Waals surface area contributed by atoms with Crippen LogP contribution in [0.4, 0.5) is 10.1 Å². The lowest BCUT2D eigenvalue weighted by atomic mass is 9.78. The number of anilines is 1. The molecule has 0 saturated heterocycles. The zero-order valence-electron chi connectivity index (χ0n) is 20.5. The Morgan fingerprint density at radius 1 is 1.18 bits per heavy atom. The first-order valence-corrected chi connectivity index (χ1v) is 12.1. The number of aromatic nitrogens is 2. The lowest BCUT2D eigenvalue weighted by Gasteiger charge is -2.41. The molecule has 0 fully saturated rings. The lowest BCUT2D eigenvalue weighted by molar-refractivity contribution is 0.0627. The number of methoxy groups -OCH3 is 1. The van der Waals surface area contributed by atoms with Gasteiger partial charge >= 0.3 is 0 Å². The summed E-state index contributed by atoms with van der Waals surface area (Å²) in [5, 5.41) is 2.82. The summed E-state index contributed by atoms with van der Waals surface area (Å²) in [6.45, 7) is 1.38. The molecule has 1 spiro atoms. The fourth-order valence-corrected chi connectivity index (χ4v) is 4.91. The van der Waals surface area contributed by atoms with Crippen molar-refractivity contribution in [2.45, 2.75) is 18.4 Å². The normalized spacial score (nSPS) is 19.7. The molecule has 2 aromatic carbocycles. The van der Waals surface area contributed by atoms with Crippen LogP contribution in [0.2, 0.25) is 0 Å². The number of halogens is 1. The average molecular weight is 518 g/mol. The Balaban J connectivity index is 1.42. The lowest BCUT2D eigenvalue weighted by Crippen LogP contribution is -2.42. The molecule has 11 heteroatoms. The fourth-order valence-electron chi connectivity index (χ4n) is 4.91. The van der Waals surface area contributed by atoms with Crippen LogP contribution in [0.5, 0.6) is 17.4 Å². The Bertz CT molecular complexity index is 1490. The van der Waals surface area contributed by atoms with Crippen molar-refractivity contribution in [3.05, 3.63) is 77.0 Å². The molecule has 0 aliphatic carbocycles. The predicted molar refractivity (Wildman–Crippen MR) is 136 cm³/mol. The van der Waals surface area contributed by atoms with Gasteiger partial charge in [0.15, 0.2) is 17.2 Å². The molecule has 38 heavy (non-hydrogen) atoms. The van der Waals surface area contributed by atoms with Crippen molar-refractivity contribution in [1.82, 2.24) is 9.97 Å². The van der Waals surface area contributed by atoms with Gasteiger partial charge in [-0.1, -0.05) is 6.08 Å². The monoisotopic (exact) mass is 517 g/mol. The maximum absolute atomic E-state index is 15.5. The number of ether oxygens (including phenoxy) is 4. The van der Waals surface area contributed by atoms with Gasteiger partial charge in [-0.2, -0.15) is 0 Å². The minimum absolute atomic E-state index is 0.0102. The minimum Gasteiger partial charge on any atom is -0.480 e.